The summed E-state index contributed by atoms with van der Waals surface area (Å²) in [7, 11) is 1.53. The molecule has 1 aromatic carbocycles. The first-order valence-electron chi connectivity index (χ1n) is 8.63. The van der Waals surface area contributed by atoms with Gasteiger partial charge in [-0.1, -0.05) is 22.0 Å². The maximum atomic E-state index is 13.1. The van der Waals surface area contributed by atoms with Crippen LogP contribution in [0.4, 0.5) is 0 Å². The van der Waals surface area contributed by atoms with Crippen LogP contribution in [0.3, 0.4) is 0 Å². The van der Waals surface area contributed by atoms with Gasteiger partial charge in [0.15, 0.2) is 5.75 Å². The van der Waals surface area contributed by atoms with E-state index in [-0.39, 0.29) is 12.4 Å². The average Bonchev–Trinajstić information content (AvgIpc) is 3.22. The Bertz CT molecular complexity index is 1210. The number of carbonyl (C=O) groups excluding carboxylic acids is 2. The fraction of sp³-hybridized carbons (Fsp3) is 0.143. The standard InChI is InChI=1S/C21H16BrNO4S/c1-3-27-21(25)15-14-6-4-5-11-23(14)16-18(26-2)20(28-19(15)16)17(24)12-7-9-13(22)10-8-12/h4-11H,3H2,1-2H3. The Kier molecular flexibility index (Phi) is 4.95. The van der Waals surface area contributed by atoms with Crippen molar-refractivity contribution in [3.05, 3.63) is 69.1 Å². The lowest BCUT2D eigenvalue weighted by molar-refractivity contribution is 0.0531. The van der Waals surface area contributed by atoms with Crippen LogP contribution in [-0.4, -0.2) is 29.9 Å². The number of rotatable bonds is 5. The van der Waals surface area contributed by atoms with E-state index < -0.39 is 5.97 Å². The number of ketones is 1. The summed E-state index contributed by atoms with van der Waals surface area (Å²) >= 11 is 4.63. The number of nitrogens with zero attached hydrogens (tertiary/aromatic N) is 1. The molecule has 3 aromatic heterocycles. The maximum Gasteiger partial charge on any atom is 0.341 e. The molecule has 0 fully saturated rings. The van der Waals surface area contributed by atoms with Crippen molar-refractivity contribution in [3.8, 4) is 5.75 Å². The Morgan fingerprint density at radius 1 is 1.14 bits per heavy atom. The van der Waals surface area contributed by atoms with Crippen LogP contribution in [0.5, 0.6) is 5.75 Å². The lowest BCUT2D eigenvalue weighted by Gasteiger charge is -2.05. The number of pyridine rings is 1. The number of ether oxygens (including phenoxy) is 2. The summed E-state index contributed by atoms with van der Waals surface area (Å²) in [5, 5.41) is 0. The molecule has 4 aromatic rings. The van der Waals surface area contributed by atoms with Gasteiger partial charge in [-0.25, -0.2) is 4.79 Å². The molecule has 0 amide bonds. The number of esters is 1. The predicted octanol–water partition coefficient (Wildman–Crippen LogP) is 5.33. The zero-order chi connectivity index (χ0) is 19.8. The van der Waals surface area contributed by atoms with E-state index in [0.717, 1.165) is 9.99 Å². The third-order valence-corrected chi connectivity index (χ3v) is 6.13. The highest BCUT2D eigenvalue weighted by molar-refractivity contribution is 9.10. The molecule has 0 radical (unpaired) electrons. The first kappa shape index (κ1) is 18.7. The largest absolute Gasteiger partial charge is 0.493 e. The molecule has 0 spiro atoms. The van der Waals surface area contributed by atoms with E-state index in [1.807, 2.05) is 40.9 Å². The summed E-state index contributed by atoms with van der Waals surface area (Å²) in [5.41, 5.74) is 2.43. The molecular weight excluding hydrogens is 442 g/mol. The number of halogens is 1. The van der Waals surface area contributed by atoms with Crippen molar-refractivity contribution in [1.82, 2.24) is 4.40 Å². The van der Waals surface area contributed by atoms with Gasteiger partial charge in [0.2, 0.25) is 5.78 Å². The van der Waals surface area contributed by atoms with E-state index >= 15 is 0 Å². The molecule has 0 atom stereocenters. The van der Waals surface area contributed by atoms with Crippen LogP contribution >= 0.6 is 27.3 Å². The summed E-state index contributed by atoms with van der Waals surface area (Å²) < 4.78 is 14.3. The molecule has 3 heterocycles. The summed E-state index contributed by atoms with van der Waals surface area (Å²) in [4.78, 5) is 26.3. The molecule has 0 aliphatic carbocycles. The van der Waals surface area contributed by atoms with Crippen molar-refractivity contribution in [2.75, 3.05) is 13.7 Å². The van der Waals surface area contributed by atoms with Gasteiger partial charge < -0.3 is 13.9 Å². The minimum Gasteiger partial charge on any atom is -0.493 e. The van der Waals surface area contributed by atoms with Crippen LogP contribution in [0.1, 0.15) is 32.5 Å². The lowest BCUT2D eigenvalue weighted by Crippen LogP contribution is -2.04. The highest BCUT2D eigenvalue weighted by atomic mass is 79.9. The van der Waals surface area contributed by atoms with Crippen LogP contribution in [0.25, 0.3) is 15.7 Å². The first-order valence-corrected chi connectivity index (χ1v) is 10.2. The Morgan fingerprint density at radius 3 is 2.57 bits per heavy atom. The molecule has 0 aliphatic heterocycles. The number of hydrogen-bond donors (Lipinski definition) is 0. The molecule has 0 saturated heterocycles. The van der Waals surface area contributed by atoms with Gasteiger partial charge in [-0.3, -0.25) is 4.79 Å². The molecule has 7 heteroatoms. The molecule has 0 bridgehead atoms. The Labute approximate surface area is 173 Å². The van der Waals surface area contributed by atoms with Crippen LogP contribution in [0.15, 0.2) is 53.1 Å². The molecular formula is C21H16BrNO4S. The van der Waals surface area contributed by atoms with E-state index in [1.54, 1.807) is 19.1 Å². The molecule has 5 nitrogen and oxygen atoms in total. The van der Waals surface area contributed by atoms with Crippen LogP contribution < -0.4 is 4.74 Å². The van der Waals surface area contributed by atoms with Gasteiger partial charge in [0, 0.05) is 16.2 Å². The quantitative estimate of drug-likeness (QED) is 0.300. The fourth-order valence-electron chi connectivity index (χ4n) is 3.23. The highest BCUT2D eigenvalue weighted by Crippen LogP contribution is 2.43. The van der Waals surface area contributed by atoms with Crippen molar-refractivity contribution in [2.45, 2.75) is 6.92 Å². The third-order valence-electron chi connectivity index (χ3n) is 4.42. The minimum absolute atomic E-state index is 0.148. The normalized spacial score (nSPS) is 11.1. The van der Waals surface area contributed by atoms with Crippen molar-refractivity contribution < 1.29 is 19.1 Å². The van der Waals surface area contributed by atoms with Gasteiger partial charge in [-0.2, -0.15) is 0 Å². The van der Waals surface area contributed by atoms with Gasteiger partial charge in [0.1, 0.15) is 16.0 Å². The molecule has 142 valence electrons. The molecule has 0 N–H and O–H groups in total. The van der Waals surface area contributed by atoms with Gasteiger partial charge in [0.25, 0.3) is 0 Å². The van der Waals surface area contributed by atoms with Crippen LogP contribution in [0, 0.1) is 0 Å². The van der Waals surface area contributed by atoms with Gasteiger partial charge in [0.05, 0.1) is 23.9 Å². The Morgan fingerprint density at radius 2 is 1.89 bits per heavy atom. The lowest BCUT2D eigenvalue weighted by atomic mass is 10.1. The van der Waals surface area contributed by atoms with Crippen molar-refractivity contribution in [2.24, 2.45) is 0 Å². The Balaban J connectivity index is 1.99. The predicted molar refractivity (Wildman–Crippen MR) is 113 cm³/mol. The number of benzene rings is 1. The fourth-order valence-corrected chi connectivity index (χ4v) is 4.75. The molecule has 0 unspecified atom stereocenters. The minimum atomic E-state index is -0.409. The molecule has 28 heavy (non-hydrogen) atoms. The van der Waals surface area contributed by atoms with E-state index in [1.165, 1.54) is 18.4 Å². The van der Waals surface area contributed by atoms with E-state index in [2.05, 4.69) is 15.9 Å². The summed E-state index contributed by atoms with van der Waals surface area (Å²) in [5.74, 6) is -0.0950. The number of thiophene rings is 1. The second-order valence-electron chi connectivity index (χ2n) is 6.03. The SMILES string of the molecule is CCOC(=O)c1c2sc(C(=O)c3ccc(Br)cc3)c(OC)c2n2ccccc12. The highest BCUT2D eigenvalue weighted by Gasteiger charge is 2.29. The number of aromatic nitrogens is 1. The molecule has 0 saturated carbocycles. The van der Waals surface area contributed by atoms with Crippen molar-refractivity contribution >= 4 is 54.8 Å². The first-order chi connectivity index (χ1) is 13.6. The van der Waals surface area contributed by atoms with Gasteiger partial charge in [-0.15, -0.1) is 11.3 Å². The summed E-state index contributed by atoms with van der Waals surface area (Å²) in [6, 6.07) is 12.7. The van der Waals surface area contributed by atoms with E-state index in [4.69, 9.17) is 9.47 Å². The van der Waals surface area contributed by atoms with Crippen LogP contribution in [-0.2, 0) is 4.74 Å². The second kappa shape index (κ2) is 7.41. The maximum absolute atomic E-state index is 13.1. The second-order valence-corrected chi connectivity index (χ2v) is 7.97. The summed E-state index contributed by atoms with van der Waals surface area (Å²) in [6.07, 6.45) is 1.85. The molecule has 4 rings (SSSR count). The zero-order valence-electron chi connectivity index (χ0n) is 15.2. The number of carbonyl (C=O) groups is 2. The molecule has 0 aliphatic rings. The number of methoxy groups -OCH3 is 1. The van der Waals surface area contributed by atoms with E-state index in [9.17, 15) is 9.59 Å². The monoisotopic (exact) mass is 457 g/mol. The topological polar surface area (TPSA) is 57.0 Å². The van der Waals surface area contributed by atoms with Gasteiger partial charge >= 0.3 is 5.97 Å². The summed E-state index contributed by atoms with van der Waals surface area (Å²) in [6.45, 7) is 2.04. The van der Waals surface area contributed by atoms with Crippen molar-refractivity contribution in [1.29, 1.82) is 0 Å². The zero-order valence-corrected chi connectivity index (χ0v) is 17.6. The third kappa shape index (κ3) is 2.91. The Hall–Kier alpha value is -2.64. The smallest absolute Gasteiger partial charge is 0.341 e. The number of hydrogen-bond acceptors (Lipinski definition) is 5. The van der Waals surface area contributed by atoms with Gasteiger partial charge in [-0.05, 0) is 43.3 Å². The van der Waals surface area contributed by atoms with E-state index in [0.29, 0.717) is 32.0 Å². The van der Waals surface area contributed by atoms with Crippen LogP contribution in [0.2, 0.25) is 0 Å². The van der Waals surface area contributed by atoms with Crippen molar-refractivity contribution in [3.63, 3.8) is 0 Å². The number of fused-ring (bicyclic) bond motifs is 3. The average molecular weight is 458 g/mol.